The highest BCUT2D eigenvalue weighted by Crippen LogP contribution is 2.26. The van der Waals surface area contributed by atoms with Crippen LogP contribution in [0.3, 0.4) is 0 Å². The van der Waals surface area contributed by atoms with E-state index < -0.39 is 23.3 Å². The Morgan fingerprint density at radius 2 is 0.969 bits per heavy atom. The van der Waals surface area contributed by atoms with Crippen molar-refractivity contribution in [2.75, 3.05) is 11.5 Å². The Kier molecular flexibility index (Phi) is 7.06. The summed E-state index contributed by atoms with van der Waals surface area (Å²) in [7, 11) is 0. The number of nitrogen functional groups attached to an aromatic ring is 2. The van der Waals surface area contributed by atoms with Gasteiger partial charge in [0.15, 0.2) is 23.1 Å². The van der Waals surface area contributed by atoms with Gasteiger partial charge in [-0.1, -0.05) is 12.1 Å². The van der Waals surface area contributed by atoms with Crippen LogP contribution in [-0.2, 0) is 0 Å². The van der Waals surface area contributed by atoms with Gasteiger partial charge in [0, 0.05) is 0 Å². The fourth-order valence-corrected chi connectivity index (χ4v) is 2.28. The number of nitrogens with zero attached hydrogens (tertiary/aromatic N) is 2. The molecule has 0 spiro atoms. The highest BCUT2D eigenvalue weighted by Gasteiger charge is 2.10. The lowest BCUT2D eigenvalue weighted by molar-refractivity contribution is 0.415. The average molecular weight is 444 g/mol. The molecule has 2 aromatic carbocycles. The number of rotatable bonds is 4. The Balaban J connectivity index is 0.000000181. The second-order valence-corrected chi connectivity index (χ2v) is 6.15. The number of ether oxygens (including phenoxy) is 2. The smallest absolute Gasteiger partial charge is 0.201 e. The molecule has 32 heavy (non-hydrogen) atoms. The van der Waals surface area contributed by atoms with E-state index in [4.69, 9.17) is 20.9 Å². The van der Waals surface area contributed by atoms with Gasteiger partial charge in [0.25, 0.3) is 0 Å². The van der Waals surface area contributed by atoms with Gasteiger partial charge in [-0.15, -0.1) is 0 Å². The van der Waals surface area contributed by atoms with Crippen molar-refractivity contribution in [3.8, 4) is 23.0 Å². The Labute approximate surface area is 180 Å². The molecule has 0 bridgehead atoms. The van der Waals surface area contributed by atoms with Crippen LogP contribution in [0.1, 0.15) is 0 Å². The molecule has 0 aliphatic heterocycles. The molecule has 4 rings (SSSR count). The first-order valence-electron chi connectivity index (χ1n) is 9.00. The van der Waals surface area contributed by atoms with Crippen LogP contribution in [0.5, 0.6) is 23.0 Å². The van der Waals surface area contributed by atoms with Crippen molar-refractivity contribution in [1.29, 1.82) is 0 Å². The molecular weight excluding hydrogens is 428 g/mol. The van der Waals surface area contributed by atoms with Crippen LogP contribution in [0.15, 0.2) is 73.1 Å². The SMILES string of the molecule is Nc1ccc(Oc2cccc(F)c2F)cn1.Nc1ccc(Oc2cccc(F)c2F)cn1. The lowest BCUT2D eigenvalue weighted by Crippen LogP contribution is -1.93. The molecule has 6 nitrogen and oxygen atoms in total. The summed E-state index contributed by atoms with van der Waals surface area (Å²) in [6.45, 7) is 0. The minimum Gasteiger partial charge on any atom is -0.453 e. The number of pyridine rings is 2. The number of aromatic nitrogens is 2. The summed E-state index contributed by atoms with van der Waals surface area (Å²) in [5.41, 5.74) is 10.7. The van der Waals surface area contributed by atoms with Gasteiger partial charge in [0.1, 0.15) is 23.1 Å². The zero-order valence-corrected chi connectivity index (χ0v) is 16.3. The Hall–Kier alpha value is -4.34. The van der Waals surface area contributed by atoms with E-state index in [1.807, 2.05) is 0 Å². The molecule has 0 aliphatic carbocycles. The molecule has 0 atom stereocenters. The van der Waals surface area contributed by atoms with Crippen LogP contribution in [0.2, 0.25) is 0 Å². The van der Waals surface area contributed by atoms with Gasteiger partial charge >= 0.3 is 0 Å². The van der Waals surface area contributed by atoms with E-state index >= 15 is 0 Å². The fourth-order valence-electron chi connectivity index (χ4n) is 2.28. The number of nitrogens with two attached hydrogens (primary N) is 2. The standard InChI is InChI=1S/2C11H8F2N2O/c2*12-8-2-1-3-9(11(8)13)16-7-4-5-10(14)15-6-7/h2*1-6H,(H2,14,15). The molecule has 2 heterocycles. The van der Waals surface area contributed by atoms with E-state index in [1.54, 1.807) is 0 Å². The molecule has 10 heteroatoms. The van der Waals surface area contributed by atoms with Gasteiger partial charge in [-0.05, 0) is 48.5 Å². The molecule has 0 saturated carbocycles. The van der Waals surface area contributed by atoms with Gasteiger partial charge in [0.05, 0.1) is 12.4 Å². The fraction of sp³-hybridized carbons (Fsp3) is 0. The van der Waals surface area contributed by atoms with Crippen molar-refractivity contribution in [2.45, 2.75) is 0 Å². The van der Waals surface area contributed by atoms with Crippen LogP contribution < -0.4 is 20.9 Å². The predicted molar refractivity (Wildman–Crippen MR) is 110 cm³/mol. The first kappa shape index (κ1) is 22.3. The molecule has 4 aromatic rings. The van der Waals surface area contributed by atoms with E-state index in [1.165, 1.54) is 60.9 Å². The van der Waals surface area contributed by atoms with Crippen molar-refractivity contribution in [2.24, 2.45) is 0 Å². The van der Waals surface area contributed by atoms with Gasteiger partial charge in [-0.25, -0.2) is 18.7 Å². The molecule has 0 saturated heterocycles. The number of hydrogen-bond acceptors (Lipinski definition) is 6. The van der Waals surface area contributed by atoms with Gasteiger partial charge in [-0.3, -0.25) is 0 Å². The summed E-state index contributed by atoms with van der Waals surface area (Å²) in [5, 5.41) is 0. The monoisotopic (exact) mass is 444 g/mol. The Morgan fingerprint density at radius 3 is 1.31 bits per heavy atom. The summed E-state index contributed by atoms with van der Waals surface area (Å²) in [6.07, 6.45) is 2.67. The van der Waals surface area contributed by atoms with E-state index in [-0.39, 0.29) is 11.5 Å². The van der Waals surface area contributed by atoms with Gasteiger partial charge in [0.2, 0.25) is 11.6 Å². The summed E-state index contributed by atoms with van der Waals surface area (Å²) >= 11 is 0. The molecule has 0 aliphatic rings. The van der Waals surface area contributed by atoms with Crippen molar-refractivity contribution >= 4 is 11.6 Å². The molecule has 2 aromatic heterocycles. The molecule has 0 unspecified atom stereocenters. The summed E-state index contributed by atoms with van der Waals surface area (Å²) < 4.78 is 62.4. The second-order valence-electron chi connectivity index (χ2n) is 6.15. The average Bonchev–Trinajstić information content (AvgIpc) is 2.78. The lowest BCUT2D eigenvalue weighted by Gasteiger charge is -2.06. The number of hydrogen-bond donors (Lipinski definition) is 2. The van der Waals surface area contributed by atoms with E-state index in [2.05, 4.69) is 9.97 Å². The van der Waals surface area contributed by atoms with Crippen molar-refractivity contribution < 1.29 is 27.0 Å². The third kappa shape index (κ3) is 5.85. The summed E-state index contributed by atoms with van der Waals surface area (Å²) in [4.78, 5) is 7.53. The van der Waals surface area contributed by atoms with Crippen LogP contribution in [0.25, 0.3) is 0 Å². The summed E-state index contributed by atoms with van der Waals surface area (Å²) in [5.74, 6) is -3.12. The van der Waals surface area contributed by atoms with Crippen molar-refractivity contribution in [3.63, 3.8) is 0 Å². The number of benzene rings is 2. The van der Waals surface area contributed by atoms with Crippen LogP contribution in [0.4, 0.5) is 29.2 Å². The lowest BCUT2D eigenvalue weighted by atomic mass is 10.3. The minimum atomic E-state index is -1.03. The normalized spacial score (nSPS) is 10.1. The topological polar surface area (TPSA) is 96.3 Å². The highest BCUT2D eigenvalue weighted by molar-refractivity contribution is 5.37. The van der Waals surface area contributed by atoms with Crippen LogP contribution in [-0.4, -0.2) is 9.97 Å². The van der Waals surface area contributed by atoms with E-state index in [0.717, 1.165) is 12.1 Å². The molecule has 0 fully saturated rings. The van der Waals surface area contributed by atoms with E-state index in [0.29, 0.717) is 23.1 Å². The Morgan fingerprint density at radius 1 is 0.562 bits per heavy atom. The summed E-state index contributed by atoms with van der Waals surface area (Å²) in [6, 6.07) is 13.5. The predicted octanol–water partition coefficient (Wildman–Crippen LogP) is 5.47. The highest BCUT2D eigenvalue weighted by atomic mass is 19.2. The van der Waals surface area contributed by atoms with Crippen molar-refractivity contribution in [1.82, 2.24) is 9.97 Å². The number of anilines is 2. The minimum absolute atomic E-state index is 0.188. The Bertz CT molecular complexity index is 1090. The van der Waals surface area contributed by atoms with Crippen molar-refractivity contribution in [3.05, 3.63) is 96.3 Å². The van der Waals surface area contributed by atoms with Crippen LogP contribution >= 0.6 is 0 Å². The third-order valence-electron chi connectivity index (χ3n) is 3.81. The van der Waals surface area contributed by atoms with Crippen LogP contribution in [0, 0.1) is 23.3 Å². The zero-order chi connectivity index (χ0) is 23.1. The molecule has 164 valence electrons. The maximum Gasteiger partial charge on any atom is 0.201 e. The zero-order valence-electron chi connectivity index (χ0n) is 16.3. The van der Waals surface area contributed by atoms with Gasteiger partial charge < -0.3 is 20.9 Å². The number of halogens is 4. The third-order valence-corrected chi connectivity index (χ3v) is 3.81. The maximum atomic E-state index is 13.2. The second kappa shape index (κ2) is 10.1. The maximum absolute atomic E-state index is 13.2. The molecule has 0 amide bonds. The molecule has 0 radical (unpaired) electrons. The van der Waals surface area contributed by atoms with Gasteiger partial charge in [-0.2, -0.15) is 8.78 Å². The first-order valence-corrected chi connectivity index (χ1v) is 9.00. The molecular formula is C22H16F4N4O2. The quantitative estimate of drug-likeness (QED) is 0.405. The molecule has 4 N–H and O–H groups in total. The first-order chi connectivity index (χ1) is 15.3. The largest absolute Gasteiger partial charge is 0.453 e. The van der Waals surface area contributed by atoms with E-state index in [9.17, 15) is 17.6 Å².